The molecule has 0 aliphatic heterocycles. The standard InChI is InChI=1S/C12H16ClN3O3.ClH/c1-16(11(15)17)12(18)19-7-9(14)6-8-4-2-3-5-10(8)13;/h2-5,9H,6-7,14H2,1H3,(H2,15,17);1H/t9-;/m1./s1. The van der Waals surface area contributed by atoms with Crippen LogP contribution >= 0.6 is 11.6 Å². The molecule has 0 aromatic heterocycles. The average Bonchev–Trinajstić information content (AvgIpc) is 2.37. The lowest BCUT2D eigenvalue weighted by atomic mass is 10.1. The van der Waals surface area contributed by atoms with Crippen molar-refractivity contribution in [2.24, 2.45) is 5.73 Å². The fourth-order valence-electron chi connectivity index (χ4n) is 1.41. The summed E-state index contributed by atoms with van der Waals surface area (Å²) in [6, 6.07) is 6.36. The van der Waals surface area contributed by atoms with Crippen LogP contribution in [0.4, 0.5) is 9.59 Å². The Bertz CT molecular complexity index is 471. The molecule has 0 saturated carbocycles. The zero-order valence-electron chi connectivity index (χ0n) is 11.0. The maximum absolute atomic E-state index is 11.4. The Balaban J connectivity index is 0.00000361. The smallest absolute Gasteiger partial charge is 0.417 e. The molecule has 20 heavy (non-hydrogen) atoms. The van der Waals surface area contributed by atoms with Gasteiger partial charge >= 0.3 is 12.1 Å². The summed E-state index contributed by atoms with van der Waals surface area (Å²) >= 11 is 6.02. The molecule has 6 nitrogen and oxygen atoms in total. The van der Waals surface area contributed by atoms with Gasteiger partial charge in [-0.25, -0.2) is 14.5 Å². The molecular formula is C12H17Cl2N3O3. The van der Waals surface area contributed by atoms with E-state index in [-0.39, 0.29) is 25.1 Å². The van der Waals surface area contributed by atoms with E-state index in [1.165, 1.54) is 7.05 Å². The number of nitrogens with zero attached hydrogens (tertiary/aromatic N) is 1. The molecule has 0 aliphatic rings. The van der Waals surface area contributed by atoms with E-state index in [0.717, 1.165) is 5.56 Å². The van der Waals surface area contributed by atoms with Crippen molar-refractivity contribution in [3.8, 4) is 0 Å². The van der Waals surface area contributed by atoms with E-state index in [4.69, 9.17) is 22.1 Å². The van der Waals surface area contributed by atoms with Crippen LogP contribution in [0.15, 0.2) is 24.3 Å². The van der Waals surface area contributed by atoms with E-state index in [1.807, 2.05) is 18.2 Å². The molecule has 1 atom stereocenters. The predicted molar refractivity (Wildman–Crippen MR) is 70.5 cm³/mol. The lowest BCUT2D eigenvalue weighted by molar-refractivity contribution is -0.424. The van der Waals surface area contributed by atoms with Crippen LogP contribution in [0.5, 0.6) is 0 Å². The highest BCUT2D eigenvalue weighted by Gasteiger charge is 2.18. The molecule has 0 bridgehead atoms. The summed E-state index contributed by atoms with van der Waals surface area (Å²) in [5.41, 5.74) is 9.75. The Labute approximate surface area is 128 Å². The van der Waals surface area contributed by atoms with Crippen molar-refractivity contribution in [1.29, 1.82) is 0 Å². The number of hydrogen-bond acceptors (Lipinski definition) is 3. The van der Waals surface area contributed by atoms with Crippen molar-refractivity contribution in [3.63, 3.8) is 0 Å². The molecule has 5 N–H and O–H groups in total. The molecule has 3 amide bonds. The number of carbonyl (C=O) groups is 2. The summed E-state index contributed by atoms with van der Waals surface area (Å²) in [7, 11) is 1.25. The molecule has 0 aliphatic carbocycles. The summed E-state index contributed by atoms with van der Waals surface area (Å²) in [5, 5.41) is 0.650. The van der Waals surface area contributed by atoms with Crippen LogP contribution in [0, 0.1) is 0 Å². The number of halogens is 2. The van der Waals surface area contributed by atoms with E-state index in [9.17, 15) is 9.59 Å². The molecule has 0 spiro atoms. The Morgan fingerprint density at radius 2 is 2.05 bits per heavy atom. The van der Waals surface area contributed by atoms with Gasteiger partial charge in [-0.2, -0.15) is 0 Å². The Morgan fingerprint density at radius 3 is 2.60 bits per heavy atom. The van der Waals surface area contributed by atoms with E-state index in [0.29, 0.717) is 16.3 Å². The van der Waals surface area contributed by atoms with Gasteiger partial charge in [0.15, 0.2) is 0 Å². The number of quaternary nitrogens is 1. The van der Waals surface area contributed by atoms with Crippen LogP contribution in [-0.4, -0.2) is 36.7 Å². The third-order valence-corrected chi connectivity index (χ3v) is 2.88. The van der Waals surface area contributed by atoms with E-state index in [2.05, 4.69) is 5.73 Å². The van der Waals surface area contributed by atoms with Crippen molar-refractivity contribution in [1.82, 2.24) is 4.90 Å². The van der Waals surface area contributed by atoms with Crippen molar-refractivity contribution < 1.29 is 32.5 Å². The molecule has 0 radical (unpaired) electrons. The Kier molecular flexibility index (Phi) is 7.98. The highest BCUT2D eigenvalue weighted by molar-refractivity contribution is 6.31. The molecule has 1 aromatic carbocycles. The van der Waals surface area contributed by atoms with Crippen molar-refractivity contribution >= 4 is 23.7 Å². The normalized spacial score (nSPS) is 11.2. The molecule has 0 fully saturated rings. The summed E-state index contributed by atoms with van der Waals surface area (Å²) in [4.78, 5) is 22.8. The highest BCUT2D eigenvalue weighted by atomic mass is 35.5. The average molecular weight is 322 g/mol. The van der Waals surface area contributed by atoms with Gasteiger partial charge in [0.1, 0.15) is 12.6 Å². The first-order valence-corrected chi connectivity index (χ1v) is 6.06. The number of primary amides is 1. The summed E-state index contributed by atoms with van der Waals surface area (Å²) in [6.45, 7) is 0.0850. The summed E-state index contributed by atoms with van der Waals surface area (Å²) in [6.07, 6.45) is -0.215. The highest BCUT2D eigenvalue weighted by Crippen LogP contribution is 2.15. The third-order valence-electron chi connectivity index (χ3n) is 2.51. The number of nitrogens with two attached hydrogens (primary N) is 1. The molecule has 1 rings (SSSR count). The Morgan fingerprint density at radius 1 is 1.45 bits per heavy atom. The zero-order valence-corrected chi connectivity index (χ0v) is 12.5. The summed E-state index contributed by atoms with van der Waals surface area (Å²) < 4.78 is 4.92. The van der Waals surface area contributed by atoms with E-state index < -0.39 is 12.1 Å². The minimum absolute atomic E-state index is 0. The number of urea groups is 1. The van der Waals surface area contributed by atoms with Crippen LogP contribution in [0.1, 0.15) is 5.56 Å². The molecule has 0 unspecified atom stereocenters. The van der Waals surface area contributed by atoms with Crippen molar-refractivity contribution in [3.05, 3.63) is 34.9 Å². The molecule has 112 valence electrons. The maximum Gasteiger partial charge on any atom is 0.417 e. The SMILES string of the molecule is CN(C(N)=O)C(=O)OC[C@H]([NH3+])Cc1ccccc1Cl.[Cl-]. The topological polar surface area (TPSA) is 100 Å². The minimum Gasteiger partial charge on any atom is -1.00 e. The van der Waals surface area contributed by atoms with Crippen LogP contribution in [0.25, 0.3) is 0 Å². The number of amides is 3. The van der Waals surface area contributed by atoms with Gasteiger partial charge in [0.2, 0.25) is 0 Å². The predicted octanol–water partition coefficient (Wildman–Crippen LogP) is -2.36. The number of hydrogen-bond donors (Lipinski definition) is 2. The second-order valence-electron chi connectivity index (χ2n) is 4.14. The van der Waals surface area contributed by atoms with Crippen molar-refractivity contribution in [2.75, 3.05) is 13.7 Å². The molecule has 0 heterocycles. The lowest BCUT2D eigenvalue weighted by Crippen LogP contribution is -3.00. The van der Waals surface area contributed by atoms with E-state index in [1.54, 1.807) is 6.07 Å². The number of rotatable bonds is 4. The van der Waals surface area contributed by atoms with Crippen LogP contribution < -0.4 is 23.9 Å². The van der Waals surface area contributed by atoms with Gasteiger partial charge < -0.3 is 28.6 Å². The maximum atomic E-state index is 11.4. The Hall–Kier alpha value is -1.50. The lowest BCUT2D eigenvalue weighted by Gasteiger charge is -2.14. The minimum atomic E-state index is -0.864. The van der Waals surface area contributed by atoms with Gasteiger partial charge in [0.25, 0.3) is 0 Å². The van der Waals surface area contributed by atoms with E-state index >= 15 is 0 Å². The monoisotopic (exact) mass is 321 g/mol. The van der Waals surface area contributed by atoms with Gasteiger partial charge in [-0.15, -0.1) is 0 Å². The molecule has 1 aromatic rings. The number of imide groups is 1. The van der Waals surface area contributed by atoms with Crippen LogP contribution in [-0.2, 0) is 11.2 Å². The second kappa shape index (κ2) is 8.63. The molecule has 0 saturated heterocycles. The fraction of sp³-hybridized carbons (Fsp3) is 0.333. The van der Waals surface area contributed by atoms with Crippen LogP contribution in [0.2, 0.25) is 5.02 Å². The van der Waals surface area contributed by atoms with Gasteiger partial charge in [0, 0.05) is 18.5 Å². The van der Waals surface area contributed by atoms with Gasteiger partial charge in [-0.1, -0.05) is 29.8 Å². The quantitative estimate of drug-likeness (QED) is 0.649. The number of benzene rings is 1. The van der Waals surface area contributed by atoms with Gasteiger partial charge in [-0.3, -0.25) is 0 Å². The molecule has 8 heteroatoms. The van der Waals surface area contributed by atoms with Gasteiger partial charge in [0.05, 0.1) is 0 Å². The van der Waals surface area contributed by atoms with Gasteiger partial charge in [-0.05, 0) is 11.6 Å². The number of ether oxygens (including phenoxy) is 1. The first-order chi connectivity index (χ1) is 8.91. The number of carbonyl (C=O) groups excluding carboxylic acids is 2. The first kappa shape index (κ1) is 18.5. The van der Waals surface area contributed by atoms with Crippen molar-refractivity contribution in [2.45, 2.75) is 12.5 Å². The fourth-order valence-corrected chi connectivity index (χ4v) is 1.62. The zero-order chi connectivity index (χ0) is 14.4. The van der Waals surface area contributed by atoms with Crippen LogP contribution in [0.3, 0.4) is 0 Å². The third kappa shape index (κ3) is 5.64. The molecular weight excluding hydrogens is 305 g/mol. The largest absolute Gasteiger partial charge is 1.00 e. The second-order valence-corrected chi connectivity index (χ2v) is 4.54. The summed E-state index contributed by atoms with van der Waals surface area (Å²) in [5.74, 6) is 0. The first-order valence-electron chi connectivity index (χ1n) is 5.68.